The molecule has 1 aliphatic carbocycles. The second-order valence-corrected chi connectivity index (χ2v) is 7.52. The van der Waals surface area contributed by atoms with Crippen LogP contribution >= 0.6 is 0 Å². The average Bonchev–Trinajstić information content (AvgIpc) is 3.24. The number of hydrogen-bond donors (Lipinski definition) is 1. The summed E-state index contributed by atoms with van der Waals surface area (Å²) in [6.45, 7) is 0.679. The van der Waals surface area contributed by atoms with Gasteiger partial charge in [0, 0.05) is 25.6 Å². The lowest BCUT2D eigenvalue weighted by Gasteiger charge is -2.18. The molecule has 1 aromatic rings. The molecule has 7 heteroatoms. The minimum Gasteiger partial charge on any atom is -0.356 e. The van der Waals surface area contributed by atoms with Crippen LogP contribution in [0.4, 0.5) is 4.39 Å². The summed E-state index contributed by atoms with van der Waals surface area (Å²) in [4.78, 5) is 11.8. The number of hydrogen-bond acceptors (Lipinski definition) is 3. The van der Waals surface area contributed by atoms with Crippen LogP contribution < -0.4 is 5.32 Å². The van der Waals surface area contributed by atoms with Crippen LogP contribution in [0.1, 0.15) is 24.8 Å². The van der Waals surface area contributed by atoms with Crippen molar-refractivity contribution in [1.29, 1.82) is 0 Å². The Bertz CT molecular complexity index is 612. The molecule has 0 saturated heterocycles. The molecule has 1 aromatic carbocycles. The summed E-state index contributed by atoms with van der Waals surface area (Å²) >= 11 is 0. The van der Waals surface area contributed by atoms with Gasteiger partial charge < -0.3 is 5.32 Å². The van der Waals surface area contributed by atoms with Gasteiger partial charge in [-0.2, -0.15) is 4.31 Å². The van der Waals surface area contributed by atoms with Crippen molar-refractivity contribution < 1.29 is 17.6 Å². The summed E-state index contributed by atoms with van der Waals surface area (Å²) in [5.74, 6) is -0.454. The third-order valence-electron chi connectivity index (χ3n) is 3.59. The number of amides is 1. The van der Waals surface area contributed by atoms with Crippen molar-refractivity contribution in [3.8, 4) is 0 Å². The fourth-order valence-corrected chi connectivity index (χ4v) is 3.45. The van der Waals surface area contributed by atoms with Crippen molar-refractivity contribution >= 4 is 15.9 Å². The van der Waals surface area contributed by atoms with E-state index in [1.54, 1.807) is 12.1 Å². The molecule has 1 amide bonds. The molecule has 122 valence electrons. The summed E-state index contributed by atoms with van der Waals surface area (Å²) in [7, 11) is -3.25. The lowest BCUT2D eigenvalue weighted by atomic mass is 10.1. The molecular weight excluding hydrogens is 307 g/mol. The minimum absolute atomic E-state index is 0.0713. The van der Waals surface area contributed by atoms with E-state index in [1.807, 2.05) is 0 Å². The zero-order valence-electron chi connectivity index (χ0n) is 12.6. The number of benzene rings is 1. The molecule has 1 saturated carbocycles. The van der Waals surface area contributed by atoms with Crippen LogP contribution in [0, 0.1) is 5.82 Å². The van der Waals surface area contributed by atoms with Crippen LogP contribution in [-0.2, 0) is 21.2 Å². The highest BCUT2D eigenvalue weighted by molar-refractivity contribution is 7.88. The number of sulfonamides is 1. The maximum atomic E-state index is 12.8. The van der Waals surface area contributed by atoms with Crippen molar-refractivity contribution in [2.45, 2.75) is 31.7 Å². The van der Waals surface area contributed by atoms with Crippen molar-refractivity contribution in [2.24, 2.45) is 0 Å². The van der Waals surface area contributed by atoms with Gasteiger partial charge in [-0.25, -0.2) is 12.8 Å². The zero-order chi connectivity index (χ0) is 16.2. The molecule has 0 aromatic heterocycles. The van der Waals surface area contributed by atoms with E-state index < -0.39 is 10.0 Å². The number of rotatable bonds is 8. The minimum atomic E-state index is -3.25. The molecular formula is C15H21FN2O3S. The predicted molar refractivity (Wildman–Crippen MR) is 82.3 cm³/mol. The monoisotopic (exact) mass is 328 g/mol. The fourth-order valence-electron chi connectivity index (χ4n) is 2.28. The molecule has 1 aliphatic rings. The summed E-state index contributed by atoms with van der Waals surface area (Å²) in [5.41, 5.74) is 0.942. The molecule has 0 atom stereocenters. The summed E-state index contributed by atoms with van der Waals surface area (Å²) in [6.07, 6.45) is 3.70. The molecule has 0 spiro atoms. The first-order chi connectivity index (χ1) is 10.4. The number of halogens is 1. The number of carbonyl (C=O) groups excluding carboxylic acids is 1. The van der Waals surface area contributed by atoms with Gasteiger partial charge in [0.05, 0.1) is 6.26 Å². The highest BCUT2D eigenvalue weighted by atomic mass is 32.2. The zero-order valence-corrected chi connectivity index (χ0v) is 13.4. The molecule has 0 aliphatic heterocycles. The first-order valence-corrected chi connectivity index (χ1v) is 9.19. The number of nitrogens with zero attached hydrogens (tertiary/aromatic N) is 1. The first-order valence-electron chi connectivity index (χ1n) is 7.34. The van der Waals surface area contributed by atoms with Crippen molar-refractivity contribution in [3.05, 3.63) is 35.6 Å². The molecule has 2 rings (SSSR count). The Balaban J connectivity index is 1.70. The van der Waals surface area contributed by atoms with Crippen molar-refractivity contribution in [1.82, 2.24) is 9.62 Å². The van der Waals surface area contributed by atoms with Crippen molar-refractivity contribution in [3.63, 3.8) is 0 Å². The van der Waals surface area contributed by atoms with Gasteiger partial charge in [-0.1, -0.05) is 12.1 Å². The molecule has 5 nitrogen and oxygen atoms in total. The van der Waals surface area contributed by atoms with Gasteiger partial charge in [-0.3, -0.25) is 4.79 Å². The Morgan fingerprint density at radius 2 is 1.95 bits per heavy atom. The van der Waals surface area contributed by atoms with Crippen LogP contribution in [0.5, 0.6) is 0 Å². The summed E-state index contributed by atoms with van der Waals surface area (Å²) in [6, 6.07) is 6.20. The fraction of sp³-hybridized carbons (Fsp3) is 0.533. The van der Waals surface area contributed by atoms with Crippen molar-refractivity contribution in [2.75, 3.05) is 19.3 Å². The van der Waals surface area contributed by atoms with Crippen LogP contribution in [0.25, 0.3) is 0 Å². The lowest BCUT2D eigenvalue weighted by Crippen LogP contribution is -2.36. The Morgan fingerprint density at radius 3 is 2.50 bits per heavy atom. The molecule has 1 fully saturated rings. The third kappa shape index (κ3) is 5.38. The highest BCUT2D eigenvalue weighted by Crippen LogP contribution is 2.28. The Labute approximate surface area is 130 Å². The maximum absolute atomic E-state index is 12.8. The Morgan fingerprint density at radius 1 is 1.32 bits per heavy atom. The second kappa shape index (κ2) is 7.19. The molecule has 0 heterocycles. The van der Waals surface area contributed by atoms with Gasteiger partial charge in [-0.05, 0) is 37.0 Å². The summed E-state index contributed by atoms with van der Waals surface area (Å²) in [5, 5.41) is 2.76. The van der Waals surface area contributed by atoms with Crippen LogP contribution in [0.2, 0.25) is 0 Å². The smallest absolute Gasteiger partial charge is 0.221 e. The highest BCUT2D eigenvalue weighted by Gasteiger charge is 2.34. The van der Waals surface area contributed by atoms with Gasteiger partial charge in [0.25, 0.3) is 0 Å². The molecule has 0 bridgehead atoms. The second-order valence-electron chi connectivity index (χ2n) is 5.58. The third-order valence-corrected chi connectivity index (χ3v) is 4.92. The standard InChI is InChI=1S/C15H21FN2O3S/c1-22(20,21)18(14-6-7-14)11-9-15(19)17-10-8-12-2-4-13(16)5-3-12/h2-5,14H,6-11H2,1H3,(H,17,19). The van der Waals surface area contributed by atoms with Gasteiger partial charge in [0.15, 0.2) is 0 Å². The summed E-state index contributed by atoms with van der Waals surface area (Å²) < 4.78 is 37.4. The first kappa shape index (κ1) is 16.9. The largest absolute Gasteiger partial charge is 0.356 e. The van der Waals surface area contributed by atoms with Gasteiger partial charge in [0.2, 0.25) is 15.9 Å². The van der Waals surface area contributed by atoms with E-state index in [2.05, 4.69) is 5.32 Å². The van der Waals surface area contributed by atoms with Crippen LogP contribution in [-0.4, -0.2) is 44.0 Å². The Hall–Kier alpha value is -1.47. The van der Waals surface area contributed by atoms with Gasteiger partial charge >= 0.3 is 0 Å². The van der Waals surface area contributed by atoms with E-state index in [0.29, 0.717) is 13.0 Å². The number of carbonyl (C=O) groups is 1. The van der Waals surface area contributed by atoms with E-state index in [9.17, 15) is 17.6 Å². The van der Waals surface area contributed by atoms with E-state index in [-0.39, 0.29) is 30.7 Å². The van der Waals surface area contributed by atoms with E-state index in [1.165, 1.54) is 22.7 Å². The molecule has 0 unspecified atom stereocenters. The predicted octanol–water partition coefficient (Wildman–Crippen LogP) is 1.30. The van der Waals surface area contributed by atoms with E-state index in [4.69, 9.17) is 0 Å². The maximum Gasteiger partial charge on any atom is 0.221 e. The Kier molecular flexibility index (Phi) is 5.52. The number of nitrogens with one attached hydrogen (secondary N) is 1. The van der Waals surface area contributed by atoms with Gasteiger partial charge in [-0.15, -0.1) is 0 Å². The van der Waals surface area contributed by atoms with Gasteiger partial charge in [0.1, 0.15) is 5.82 Å². The van der Waals surface area contributed by atoms with Crippen LogP contribution in [0.3, 0.4) is 0 Å². The van der Waals surface area contributed by atoms with E-state index >= 15 is 0 Å². The average molecular weight is 328 g/mol. The normalized spacial score (nSPS) is 15.0. The van der Waals surface area contributed by atoms with E-state index in [0.717, 1.165) is 18.4 Å². The van der Waals surface area contributed by atoms with Crippen LogP contribution in [0.15, 0.2) is 24.3 Å². The molecule has 0 radical (unpaired) electrons. The SMILES string of the molecule is CS(=O)(=O)N(CCC(=O)NCCc1ccc(F)cc1)C1CC1. The quantitative estimate of drug-likeness (QED) is 0.782. The lowest BCUT2D eigenvalue weighted by molar-refractivity contribution is -0.121. The topological polar surface area (TPSA) is 66.5 Å². The molecule has 22 heavy (non-hydrogen) atoms. The molecule has 1 N–H and O–H groups in total.